The smallest absolute Gasteiger partial charge is 0.248 e. The van der Waals surface area contributed by atoms with Crippen molar-refractivity contribution >= 4 is 29.4 Å². The molecule has 0 saturated carbocycles. The summed E-state index contributed by atoms with van der Waals surface area (Å²) in [4.78, 5) is 15.0. The normalized spacial score (nSPS) is 14.7. The molecule has 0 unspecified atom stereocenters. The molecular formula is C23H28N2O3S. The van der Waals surface area contributed by atoms with Gasteiger partial charge in [-0.3, -0.25) is 9.69 Å². The van der Waals surface area contributed by atoms with E-state index in [0.717, 1.165) is 36.4 Å². The molecule has 0 spiro atoms. The first-order valence-corrected chi connectivity index (χ1v) is 10.8. The minimum Gasteiger partial charge on any atom is -0.497 e. The zero-order valence-electron chi connectivity index (χ0n) is 17.2. The quantitative estimate of drug-likeness (QED) is 0.691. The molecule has 154 valence electrons. The molecule has 2 aromatic carbocycles. The summed E-state index contributed by atoms with van der Waals surface area (Å²) in [5.41, 5.74) is 3.90. The van der Waals surface area contributed by atoms with Crippen molar-refractivity contribution in [3.8, 4) is 11.5 Å². The number of methoxy groups -OCH3 is 2. The van der Waals surface area contributed by atoms with E-state index in [4.69, 9.17) is 9.47 Å². The molecule has 1 aliphatic rings. The Morgan fingerprint density at radius 2 is 1.93 bits per heavy atom. The van der Waals surface area contributed by atoms with Gasteiger partial charge in [-0.25, -0.2) is 0 Å². The zero-order chi connectivity index (χ0) is 20.6. The third-order valence-corrected chi connectivity index (χ3v) is 5.86. The number of rotatable bonds is 7. The second-order valence-electron chi connectivity index (χ2n) is 6.97. The van der Waals surface area contributed by atoms with Crippen LogP contribution in [0.5, 0.6) is 11.5 Å². The van der Waals surface area contributed by atoms with Gasteiger partial charge in [-0.05, 0) is 48.4 Å². The Morgan fingerprint density at radius 1 is 1.14 bits per heavy atom. The highest BCUT2D eigenvalue weighted by molar-refractivity contribution is 7.99. The van der Waals surface area contributed by atoms with Crippen LogP contribution >= 0.6 is 11.8 Å². The zero-order valence-corrected chi connectivity index (χ0v) is 18.1. The van der Waals surface area contributed by atoms with E-state index in [9.17, 15) is 4.79 Å². The number of amides is 1. The molecule has 0 radical (unpaired) electrons. The van der Waals surface area contributed by atoms with Gasteiger partial charge < -0.3 is 14.8 Å². The van der Waals surface area contributed by atoms with Gasteiger partial charge in [-0.15, -0.1) is 0 Å². The average Bonchev–Trinajstić information content (AvgIpc) is 2.75. The van der Waals surface area contributed by atoms with Crippen LogP contribution < -0.4 is 14.8 Å². The van der Waals surface area contributed by atoms with Crippen LogP contribution in [-0.2, 0) is 11.3 Å². The molecule has 29 heavy (non-hydrogen) atoms. The Labute approximate surface area is 177 Å². The van der Waals surface area contributed by atoms with E-state index in [2.05, 4.69) is 28.4 Å². The summed E-state index contributed by atoms with van der Waals surface area (Å²) in [6.07, 6.45) is 3.26. The summed E-state index contributed by atoms with van der Waals surface area (Å²) >= 11 is 2.01. The lowest BCUT2D eigenvalue weighted by molar-refractivity contribution is -0.111. The van der Waals surface area contributed by atoms with Crippen molar-refractivity contribution in [1.82, 2.24) is 4.90 Å². The van der Waals surface area contributed by atoms with Crippen LogP contribution in [0.4, 0.5) is 5.69 Å². The van der Waals surface area contributed by atoms with Gasteiger partial charge in [0.25, 0.3) is 0 Å². The van der Waals surface area contributed by atoms with Gasteiger partial charge in [-0.1, -0.05) is 12.1 Å². The number of nitrogens with zero attached hydrogens (tertiary/aromatic N) is 1. The molecule has 5 nitrogen and oxygen atoms in total. The highest BCUT2D eigenvalue weighted by atomic mass is 32.2. The summed E-state index contributed by atoms with van der Waals surface area (Å²) in [6, 6.07) is 11.8. The van der Waals surface area contributed by atoms with E-state index < -0.39 is 0 Å². The molecule has 3 rings (SSSR count). The number of thioether (sulfide) groups is 1. The number of ether oxygens (including phenoxy) is 2. The third-order valence-electron chi connectivity index (χ3n) is 4.92. The van der Waals surface area contributed by atoms with E-state index in [1.165, 1.54) is 23.1 Å². The Kier molecular flexibility index (Phi) is 7.61. The van der Waals surface area contributed by atoms with Crippen LogP contribution in [0.2, 0.25) is 0 Å². The number of benzene rings is 2. The fourth-order valence-corrected chi connectivity index (χ4v) is 4.21. The van der Waals surface area contributed by atoms with Gasteiger partial charge in [-0.2, -0.15) is 11.8 Å². The van der Waals surface area contributed by atoms with Gasteiger partial charge in [0, 0.05) is 48.5 Å². The first-order valence-electron chi connectivity index (χ1n) is 9.70. The first kappa shape index (κ1) is 21.3. The largest absolute Gasteiger partial charge is 0.497 e. The number of nitrogens with one attached hydrogen (secondary N) is 1. The fraction of sp³-hybridized carbons (Fsp3) is 0.348. The summed E-state index contributed by atoms with van der Waals surface area (Å²) in [5.74, 6) is 3.60. The monoisotopic (exact) mass is 412 g/mol. The van der Waals surface area contributed by atoms with Crippen LogP contribution in [0.1, 0.15) is 16.7 Å². The molecule has 0 atom stereocenters. The molecule has 0 aliphatic carbocycles. The molecule has 0 aromatic heterocycles. The standard InChI is InChI=1S/C23H28N2O3S/c1-17-4-5-18(16-25-10-12-29-13-11-25)14-21(17)24-23(26)9-6-19-15-20(27-2)7-8-22(19)28-3/h4-9,14-15H,10-13,16H2,1-3H3,(H,24,26)/b9-6+. The molecule has 6 heteroatoms. The molecular weight excluding hydrogens is 384 g/mol. The second-order valence-corrected chi connectivity index (χ2v) is 8.19. The van der Waals surface area contributed by atoms with Gasteiger partial charge >= 0.3 is 0 Å². The number of carbonyl (C=O) groups excluding carboxylic acids is 1. The summed E-state index contributed by atoms with van der Waals surface area (Å²) in [5, 5.41) is 3.00. The van der Waals surface area contributed by atoms with E-state index in [1.54, 1.807) is 20.3 Å². The number of carbonyl (C=O) groups is 1. The maximum atomic E-state index is 12.5. The maximum Gasteiger partial charge on any atom is 0.248 e. The van der Waals surface area contributed by atoms with Crippen LogP contribution in [0.25, 0.3) is 6.08 Å². The number of hydrogen-bond donors (Lipinski definition) is 1. The van der Waals surface area contributed by atoms with Crippen LogP contribution in [0.15, 0.2) is 42.5 Å². The summed E-state index contributed by atoms with van der Waals surface area (Å²) in [7, 11) is 3.22. The van der Waals surface area contributed by atoms with Gasteiger partial charge in [0.15, 0.2) is 0 Å². The molecule has 1 saturated heterocycles. The lowest BCUT2D eigenvalue weighted by Crippen LogP contribution is -2.31. The Balaban J connectivity index is 1.68. The highest BCUT2D eigenvalue weighted by Crippen LogP contribution is 2.25. The van der Waals surface area contributed by atoms with Crippen molar-refractivity contribution in [2.75, 3.05) is 44.1 Å². The van der Waals surface area contributed by atoms with Gasteiger partial charge in [0.05, 0.1) is 14.2 Å². The topological polar surface area (TPSA) is 50.8 Å². The van der Waals surface area contributed by atoms with Crippen molar-refractivity contribution in [3.05, 3.63) is 59.2 Å². The Morgan fingerprint density at radius 3 is 2.66 bits per heavy atom. The van der Waals surface area contributed by atoms with Crippen molar-refractivity contribution in [2.24, 2.45) is 0 Å². The Hall–Kier alpha value is -2.44. The lowest BCUT2D eigenvalue weighted by atomic mass is 10.1. The predicted molar refractivity (Wildman–Crippen MR) is 121 cm³/mol. The molecule has 1 amide bonds. The minimum atomic E-state index is -0.176. The van der Waals surface area contributed by atoms with Gasteiger partial charge in [0.2, 0.25) is 5.91 Å². The predicted octanol–water partition coefficient (Wildman–Crippen LogP) is 4.21. The molecule has 2 aromatic rings. The van der Waals surface area contributed by atoms with E-state index in [1.807, 2.05) is 36.9 Å². The number of aryl methyl sites for hydroxylation is 1. The van der Waals surface area contributed by atoms with Crippen molar-refractivity contribution in [2.45, 2.75) is 13.5 Å². The molecule has 1 N–H and O–H groups in total. The molecule has 1 fully saturated rings. The average molecular weight is 413 g/mol. The maximum absolute atomic E-state index is 12.5. The number of anilines is 1. The van der Waals surface area contributed by atoms with Crippen LogP contribution in [-0.4, -0.2) is 49.6 Å². The van der Waals surface area contributed by atoms with E-state index >= 15 is 0 Å². The van der Waals surface area contributed by atoms with E-state index in [-0.39, 0.29) is 5.91 Å². The van der Waals surface area contributed by atoms with Gasteiger partial charge in [0.1, 0.15) is 11.5 Å². The van der Waals surface area contributed by atoms with E-state index in [0.29, 0.717) is 11.5 Å². The highest BCUT2D eigenvalue weighted by Gasteiger charge is 2.12. The van der Waals surface area contributed by atoms with Crippen molar-refractivity contribution in [1.29, 1.82) is 0 Å². The van der Waals surface area contributed by atoms with Crippen molar-refractivity contribution in [3.63, 3.8) is 0 Å². The second kappa shape index (κ2) is 10.4. The number of hydrogen-bond acceptors (Lipinski definition) is 5. The first-order chi connectivity index (χ1) is 14.1. The Bertz CT molecular complexity index is 876. The molecule has 0 bridgehead atoms. The SMILES string of the molecule is COc1ccc(OC)c(/C=C/C(=O)Nc2cc(CN3CCSCC3)ccc2C)c1. The van der Waals surface area contributed by atoms with Crippen LogP contribution in [0.3, 0.4) is 0 Å². The van der Waals surface area contributed by atoms with Crippen molar-refractivity contribution < 1.29 is 14.3 Å². The third kappa shape index (κ3) is 6.02. The molecule has 1 aliphatic heterocycles. The minimum absolute atomic E-state index is 0.176. The lowest BCUT2D eigenvalue weighted by Gasteiger charge is -2.26. The van der Waals surface area contributed by atoms with Crippen LogP contribution in [0, 0.1) is 6.92 Å². The summed E-state index contributed by atoms with van der Waals surface area (Å²) < 4.78 is 10.6. The fourth-order valence-electron chi connectivity index (χ4n) is 3.23. The molecule has 1 heterocycles. The summed E-state index contributed by atoms with van der Waals surface area (Å²) in [6.45, 7) is 5.16.